The van der Waals surface area contributed by atoms with E-state index in [9.17, 15) is 4.79 Å². The summed E-state index contributed by atoms with van der Waals surface area (Å²) in [6.07, 6.45) is 8.28. The van der Waals surface area contributed by atoms with Crippen LogP contribution in [0.2, 0.25) is 0 Å². The third-order valence-corrected chi connectivity index (χ3v) is 1.58. The summed E-state index contributed by atoms with van der Waals surface area (Å²) in [5.74, 6) is -0.745. The van der Waals surface area contributed by atoms with Gasteiger partial charge in [-0.3, -0.25) is 4.79 Å². The van der Waals surface area contributed by atoms with Gasteiger partial charge in [-0.25, -0.2) is 0 Å². The number of hydrogen-bond donors (Lipinski definition) is 1. The molecule has 0 fully saturated rings. The molecule has 1 N–H and O–H groups in total. The van der Waals surface area contributed by atoms with Gasteiger partial charge in [0.15, 0.2) is 0 Å². The van der Waals surface area contributed by atoms with E-state index in [2.05, 4.69) is 0 Å². The van der Waals surface area contributed by atoms with Crippen molar-refractivity contribution in [3.05, 3.63) is 35.1 Å². The molecule has 0 unspecified atom stereocenters. The van der Waals surface area contributed by atoms with Crippen molar-refractivity contribution in [2.45, 2.75) is 13.3 Å². The van der Waals surface area contributed by atoms with E-state index in [1.807, 2.05) is 35.1 Å². The van der Waals surface area contributed by atoms with Crippen molar-refractivity contribution in [3.8, 4) is 0 Å². The number of rotatable bonds is 1. The van der Waals surface area contributed by atoms with Gasteiger partial charge in [-0.2, -0.15) is 0 Å². The summed E-state index contributed by atoms with van der Waals surface area (Å²) in [5.41, 5.74) is 0. The van der Waals surface area contributed by atoms with Crippen molar-refractivity contribution in [1.29, 1.82) is 0 Å². The Kier molecular flexibility index (Phi) is 7.49. The molecule has 1 aliphatic heterocycles. The highest BCUT2D eigenvalue weighted by molar-refractivity contribution is 8.04. The molecule has 0 amide bonds. The van der Waals surface area contributed by atoms with E-state index >= 15 is 0 Å². The molecule has 0 aromatic rings. The molecule has 1 aliphatic rings. The van der Waals surface area contributed by atoms with Crippen LogP contribution in [0.1, 0.15) is 13.3 Å². The molecule has 0 saturated heterocycles. The summed E-state index contributed by atoms with van der Waals surface area (Å²) in [6, 6.07) is 0. The first-order valence-corrected chi connectivity index (χ1v) is 4.57. The van der Waals surface area contributed by atoms with Gasteiger partial charge in [0.25, 0.3) is 0 Å². The normalized spacial score (nSPS) is 13.1. The fourth-order valence-electron chi connectivity index (χ4n) is 0.355. The standard InChI is InChI=1S/C6H6S.C3H6O2/c1-2-4-6-7-5-3-1;1-2-3(4)5/h1-6H;2H2,1H3,(H,4,5). The van der Waals surface area contributed by atoms with Gasteiger partial charge >= 0.3 is 5.97 Å². The van der Waals surface area contributed by atoms with Crippen LogP contribution in [0.15, 0.2) is 35.1 Å². The Hall–Kier alpha value is -0.960. The molecule has 0 spiro atoms. The SMILES string of the molecule is C1=CC=CSC=C1.CCC(=O)O. The Morgan fingerprint density at radius 2 is 1.67 bits per heavy atom. The molecule has 0 radical (unpaired) electrons. The van der Waals surface area contributed by atoms with E-state index in [0.717, 1.165) is 0 Å². The van der Waals surface area contributed by atoms with Gasteiger partial charge in [-0.1, -0.05) is 31.2 Å². The number of thioether (sulfide) groups is 1. The second kappa shape index (κ2) is 8.14. The van der Waals surface area contributed by atoms with Crippen LogP contribution in [-0.4, -0.2) is 11.1 Å². The monoisotopic (exact) mass is 184 g/mol. The minimum atomic E-state index is -0.745. The number of carboxylic acid groups (broad SMARTS) is 1. The van der Waals surface area contributed by atoms with Crippen LogP contribution in [0.5, 0.6) is 0 Å². The smallest absolute Gasteiger partial charge is 0.303 e. The van der Waals surface area contributed by atoms with Crippen LogP contribution in [0, 0.1) is 0 Å². The zero-order valence-electron chi connectivity index (χ0n) is 6.93. The van der Waals surface area contributed by atoms with Crippen LogP contribution in [0.25, 0.3) is 0 Å². The molecule has 0 aromatic heterocycles. The highest BCUT2D eigenvalue weighted by Gasteiger charge is 1.80. The fourth-order valence-corrected chi connectivity index (χ4v) is 0.809. The molecule has 3 heteroatoms. The Labute approximate surface area is 76.7 Å². The quantitative estimate of drug-likeness (QED) is 0.680. The summed E-state index contributed by atoms with van der Waals surface area (Å²) in [7, 11) is 0. The van der Waals surface area contributed by atoms with E-state index in [-0.39, 0.29) is 6.42 Å². The predicted octanol–water partition coefficient (Wildman–Crippen LogP) is 2.80. The molecular weight excluding hydrogens is 172 g/mol. The Balaban J connectivity index is 0.000000217. The first-order valence-electron chi connectivity index (χ1n) is 3.63. The van der Waals surface area contributed by atoms with Gasteiger partial charge in [-0.05, 0) is 10.8 Å². The molecule has 0 aliphatic carbocycles. The molecule has 0 atom stereocenters. The summed E-state index contributed by atoms with van der Waals surface area (Å²) < 4.78 is 0. The number of aliphatic carboxylic acids is 1. The van der Waals surface area contributed by atoms with Crippen molar-refractivity contribution in [2.24, 2.45) is 0 Å². The summed E-state index contributed by atoms with van der Waals surface area (Å²) in [5, 5.41) is 11.8. The second-order valence-corrected chi connectivity index (χ2v) is 2.74. The highest BCUT2D eigenvalue weighted by atomic mass is 32.2. The van der Waals surface area contributed by atoms with Crippen LogP contribution < -0.4 is 0 Å². The lowest BCUT2D eigenvalue weighted by Crippen LogP contribution is -1.86. The lowest BCUT2D eigenvalue weighted by atomic mass is 10.5. The molecule has 66 valence electrons. The van der Waals surface area contributed by atoms with E-state index in [0.29, 0.717) is 0 Å². The van der Waals surface area contributed by atoms with Crippen LogP contribution in [0.4, 0.5) is 0 Å². The molecule has 0 bridgehead atoms. The van der Waals surface area contributed by atoms with Gasteiger partial charge < -0.3 is 5.11 Å². The van der Waals surface area contributed by atoms with Gasteiger partial charge in [-0.15, -0.1) is 11.8 Å². The maximum Gasteiger partial charge on any atom is 0.303 e. The van der Waals surface area contributed by atoms with Gasteiger partial charge in [0.05, 0.1) is 0 Å². The Bertz CT molecular complexity index is 191. The Morgan fingerprint density at radius 1 is 1.25 bits per heavy atom. The van der Waals surface area contributed by atoms with Crippen molar-refractivity contribution in [2.75, 3.05) is 0 Å². The van der Waals surface area contributed by atoms with Crippen molar-refractivity contribution >= 4 is 17.7 Å². The maximum atomic E-state index is 9.37. The van der Waals surface area contributed by atoms with E-state index in [4.69, 9.17) is 5.11 Å². The zero-order chi connectivity index (χ0) is 9.23. The van der Waals surface area contributed by atoms with Gasteiger partial charge in [0.2, 0.25) is 0 Å². The van der Waals surface area contributed by atoms with Crippen molar-refractivity contribution in [1.82, 2.24) is 0 Å². The molecule has 1 rings (SSSR count). The molecule has 2 nitrogen and oxygen atoms in total. The van der Waals surface area contributed by atoms with E-state index < -0.39 is 5.97 Å². The molecule has 0 aromatic carbocycles. The summed E-state index contributed by atoms with van der Waals surface area (Å²) in [6.45, 7) is 1.60. The lowest BCUT2D eigenvalue weighted by Gasteiger charge is -1.71. The first kappa shape index (κ1) is 11.0. The minimum Gasteiger partial charge on any atom is -0.481 e. The average molecular weight is 184 g/mol. The van der Waals surface area contributed by atoms with Gasteiger partial charge in [0.1, 0.15) is 0 Å². The number of hydrogen-bond acceptors (Lipinski definition) is 2. The summed E-state index contributed by atoms with van der Waals surface area (Å²) >= 11 is 1.69. The highest BCUT2D eigenvalue weighted by Crippen LogP contribution is 2.06. The zero-order valence-corrected chi connectivity index (χ0v) is 7.75. The molecular formula is C9H12O2S. The third-order valence-electron chi connectivity index (χ3n) is 0.950. The Morgan fingerprint density at radius 3 is 2.00 bits per heavy atom. The number of allylic oxidation sites excluding steroid dienone is 4. The molecule has 12 heavy (non-hydrogen) atoms. The third kappa shape index (κ3) is 9.04. The van der Waals surface area contributed by atoms with Gasteiger partial charge in [0, 0.05) is 6.42 Å². The van der Waals surface area contributed by atoms with E-state index in [1.165, 1.54) is 0 Å². The van der Waals surface area contributed by atoms with Crippen LogP contribution >= 0.6 is 11.8 Å². The van der Waals surface area contributed by atoms with Crippen molar-refractivity contribution < 1.29 is 9.90 Å². The maximum absolute atomic E-state index is 9.37. The average Bonchev–Trinajstić information content (AvgIpc) is 2.35. The fraction of sp³-hybridized carbons (Fsp3) is 0.222. The molecule has 1 heterocycles. The van der Waals surface area contributed by atoms with E-state index in [1.54, 1.807) is 18.7 Å². The molecule has 0 saturated carbocycles. The number of carbonyl (C=O) groups is 1. The minimum absolute atomic E-state index is 0.222. The van der Waals surface area contributed by atoms with Crippen LogP contribution in [-0.2, 0) is 4.79 Å². The van der Waals surface area contributed by atoms with Crippen LogP contribution in [0.3, 0.4) is 0 Å². The summed E-state index contributed by atoms with van der Waals surface area (Å²) in [4.78, 5) is 9.37. The lowest BCUT2D eigenvalue weighted by molar-refractivity contribution is -0.136. The topological polar surface area (TPSA) is 37.3 Å². The number of carboxylic acids is 1. The second-order valence-electron chi connectivity index (χ2n) is 1.93. The first-order chi connectivity index (χ1) is 5.77. The predicted molar refractivity (Wildman–Crippen MR) is 52.9 cm³/mol. The largest absolute Gasteiger partial charge is 0.481 e. The van der Waals surface area contributed by atoms with Crippen molar-refractivity contribution in [3.63, 3.8) is 0 Å².